The standard InChI is InChI=1S/C20H22N2O6S/c23-20(28-15-16-6-5-7-18(14-16)22(24)25)17-8-10-19(11-9-17)29(26,27)21-12-3-1-2-4-13-21/h5-11,14H,1-4,12-13,15H2. The number of nitro benzene ring substituents is 1. The summed E-state index contributed by atoms with van der Waals surface area (Å²) in [5.74, 6) is -0.629. The van der Waals surface area contributed by atoms with Crippen molar-refractivity contribution < 1.29 is 22.9 Å². The van der Waals surface area contributed by atoms with E-state index in [9.17, 15) is 23.3 Å². The number of esters is 1. The zero-order chi connectivity index (χ0) is 20.9. The molecule has 29 heavy (non-hydrogen) atoms. The first-order valence-electron chi connectivity index (χ1n) is 9.38. The lowest BCUT2D eigenvalue weighted by Gasteiger charge is -2.20. The summed E-state index contributed by atoms with van der Waals surface area (Å²) in [5, 5.41) is 10.8. The van der Waals surface area contributed by atoms with Gasteiger partial charge in [0.1, 0.15) is 6.61 Å². The quantitative estimate of drug-likeness (QED) is 0.404. The lowest BCUT2D eigenvalue weighted by atomic mass is 10.2. The van der Waals surface area contributed by atoms with E-state index < -0.39 is 20.9 Å². The predicted octanol–water partition coefficient (Wildman–Crippen LogP) is 3.52. The van der Waals surface area contributed by atoms with Gasteiger partial charge in [0.25, 0.3) is 5.69 Å². The van der Waals surface area contributed by atoms with Crippen LogP contribution in [0.4, 0.5) is 5.69 Å². The van der Waals surface area contributed by atoms with Crippen LogP contribution >= 0.6 is 0 Å². The van der Waals surface area contributed by atoms with Crippen LogP contribution in [0.2, 0.25) is 0 Å². The molecule has 0 radical (unpaired) electrons. The van der Waals surface area contributed by atoms with E-state index in [0.717, 1.165) is 25.7 Å². The molecule has 0 spiro atoms. The molecule has 8 nitrogen and oxygen atoms in total. The first kappa shape index (κ1) is 20.9. The Morgan fingerprint density at radius 2 is 1.69 bits per heavy atom. The first-order valence-corrected chi connectivity index (χ1v) is 10.8. The Morgan fingerprint density at radius 1 is 1.03 bits per heavy atom. The van der Waals surface area contributed by atoms with Gasteiger partial charge in [0.15, 0.2) is 0 Å². The summed E-state index contributed by atoms with van der Waals surface area (Å²) < 4.78 is 32.2. The third-order valence-electron chi connectivity index (χ3n) is 4.78. The molecule has 0 aliphatic carbocycles. The molecule has 0 N–H and O–H groups in total. The number of nitro groups is 1. The fourth-order valence-corrected chi connectivity index (χ4v) is 4.70. The summed E-state index contributed by atoms with van der Waals surface area (Å²) in [6.07, 6.45) is 3.76. The van der Waals surface area contributed by atoms with Crippen molar-refractivity contribution in [2.75, 3.05) is 13.1 Å². The highest BCUT2D eigenvalue weighted by atomic mass is 32.2. The summed E-state index contributed by atoms with van der Waals surface area (Å²) in [5.41, 5.74) is 0.625. The van der Waals surface area contributed by atoms with Crippen LogP contribution < -0.4 is 0 Å². The maximum atomic E-state index is 12.8. The number of nitrogens with zero attached hydrogens (tertiary/aromatic N) is 2. The van der Waals surface area contributed by atoms with Gasteiger partial charge in [-0.2, -0.15) is 4.31 Å². The van der Waals surface area contributed by atoms with Crippen molar-refractivity contribution in [1.82, 2.24) is 4.31 Å². The second kappa shape index (κ2) is 9.15. The van der Waals surface area contributed by atoms with E-state index in [1.54, 1.807) is 6.07 Å². The fraction of sp³-hybridized carbons (Fsp3) is 0.350. The second-order valence-corrected chi connectivity index (χ2v) is 8.78. The topological polar surface area (TPSA) is 107 Å². The molecular weight excluding hydrogens is 396 g/mol. The third-order valence-corrected chi connectivity index (χ3v) is 6.70. The molecule has 9 heteroatoms. The zero-order valence-corrected chi connectivity index (χ0v) is 16.6. The summed E-state index contributed by atoms with van der Waals surface area (Å²) >= 11 is 0. The largest absolute Gasteiger partial charge is 0.457 e. The number of non-ortho nitro benzene ring substituents is 1. The van der Waals surface area contributed by atoms with E-state index in [1.165, 1.54) is 46.8 Å². The van der Waals surface area contributed by atoms with Crippen molar-refractivity contribution in [3.05, 3.63) is 69.8 Å². The number of ether oxygens (including phenoxy) is 1. The normalized spacial score (nSPS) is 15.4. The van der Waals surface area contributed by atoms with Crippen molar-refractivity contribution in [1.29, 1.82) is 0 Å². The molecule has 3 rings (SSSR count). The molecule has 154 valence electrons. The van der Waals surface area contributed by atoms with Gasteiger partial charge in [-0.05, 0) is 42.7 Å². The lowest BCUT2D eigenvalue weighted by Crippen LogP contribution is -2.31. The molecule has 1 aliphatic rings. The molecule has 1 aliphatic heterocycles. The number of carbonyl (C=O) groups is 1. The minimum atomic E-state index is -3.58. The number of sulfonamides is 1. The van der Waals surface area contributed by atoms with E-state index in [2.05, 4.69) is 0 Å². The van der Waals surface area contributed by atoms with Crippen LogP contribution in [0.15, 0.2) is 53.4 Å². The van der Waals surface area contributed by atoms with Crippen LogP contribution in [0.25, 0.3) is 0 Å². The van der Waals surface area contributed by atoms with E-state index >= 15 is 0 Å². The Kier molecular flexibility index (Phi) is 6.60. The molecule has 2 aromatic rings. The van der Waals surface area contributed by atoms with Gasteiger partial charge in [0.05, 0.1) is 15.4 Å². The fourth-order valence-electron chi connectivity index (χ4n) is 3.19. The number of hydrogen-bond acceptors (Lipinski definition) is 6. The number of hydrogen-bond donors (Lipinski definition) is 0. The molecule has 2 aromatic carbocycles. The molecule has 1 heterocycles. The molecule has 0 bridgehead atoms. The van der Waals surface area contributed by atoms with Crippen LogP contribution in [0.5, 0.6) is 0 Å². The SMILES string of the molecule is O=C(OCc1cccc([N+](=O)[O-])c1)c1ccc(S(=O)(=O)N2CCCCCC2)cc1. The van der Waals surface area contributed by atoms with Crippen molar-refractivity contribution in [3.8, 4) is 0 Å². The second-order valence-electron chi connectivity index (χ2n) is 6.85. The van der Waals surface area contributed by atoms with Gasteiger partial charge in [-0.1, -0.05) is 25.0 Å². The minimum absolute atomic E-state index is 0.0818. The summed E-state index contributed by atoms with van der Waals surface area (Å²) in [4.78, 5) is 22.7. The van der Waals surface area contributed by atoms with Crippen molar-refractivity contribution >= 4 is 21.7 Å². The summed E-state index contributed by atoms with van der Waals surface area (Å²) in [7, 11) is -3.58. The van der Waals surface area contributed by atoms with Crippen LogP contribution in [-0.2, 0) is 21.4 Å². The van der Waals surface area contributed by atoms with E-state index in [0.29, 0.717) is 18.7 Å². The molecule has 0 aromatic heterocycles. The summed E-state index contributed by atoms with van der Waals surface area (Å²) in [6.45, 7) is 0.902. The smallest absolute Gasteiger partial charge is 0.338 e. The number of benzene rings is 2. The molecule has 1 fully saturated rings. The Balaban J connectivity index is 1.65. The van der Waals surface area contributed by atoms with Crippen LogP contribution in [0, 0.1) is 10.1 Å². The summed E-state index contributed by atoms with van der Waals surface area (Å²) in [6, 6.07) is 11.5. The lowest BCUT2D eigenvalue weighted by molar-refractivity contribution is -0.384. The van der Waals surface area contributed by atoms with E-state index in [4.69, 9.17) is 4.74 Å². The molecular formula is C20H22N2O6S. The van der Waals surface area contributed by atoms with Gasteiger partial charge < -0.3 is 4.74 Å². The molecule has 1 saturated heterocycles. The minimum Gasteiger partial charge on any atom is -0.457 e. The highest BCUT2D eigenvalue weighted by Gasteiger charge is 2.25. The molecule has 0 amide bonds. The van der Waals surface area contributed by atoms with Gasteiger partial charge in [-0.25, -0.2) is 13.2 Å². The monoisotopic (exact) mass is 418 g/mol. The Morgan fingerprint density at radius 3 is 2.31 bits per heavy atom. The third kappa shape index (κ3) is 5.18. The van der Waals surface area contributed by atoms with Gasteiger partial charge in [0.2, 0.25) is 10.0 Å². The van der Waals surface area contributed by atoms with Gasteiger partial charge >= 0.3 is 5.97 Å². The molecule has 0 saturated carbocycles. The van der Waals surface area contributed by atoms with Gasteiger partial charge in [-0.3, -0.25) is 10.1 Å². The Hall–Kier alpha value is -2.78. The first-order chi connectivity index (χ1) is 13.9. The van der Waals surface area contributed by atoms with E-state index in [-0.39, 0.29) is 22.8 Å². The van der Waals surface area contributed by atoms with Gasteiger partial charge in [0, 0.05) is 25.2 Å². The van der Waals surface area contributed by atoms with Gasteiger partial charge in [-0.15, -0.1) is 0 Å². The number of rotatable bonds is 6. The molecule has 0 unspecified atom stereocenters. The number of carbonyl (C=O) groups excluding carboxylic acids is 1. The predicted molar refractivity (Wildman–Crippen MR) is 106 cm³/mol. The highest BCUT2D eigenvalue weighted by molar-refractivity contribution is 7.89. The van der Waals surface area contributed by atoms with Crippen molar-refractivity contribution in [3.63, 3.8) is 0 Å². The molecule has 0 atom stereocenters. The van der Waals surface area contributed by atoms with Crippen LogP contribution in [0.1, 0.15) is 41.6 Å². The van der Waals surface area contributed by atoms with Crippen LogP contribution in [-0.4, -0.2) is 36.7 Å². The Bertz CT molecular complexity index is 980. The van der Waals surface area contributed by atoms with Crippen molar-refractivity contribution in [2.45, 2.75) is 37.2 Å². The zero-order valence-electron chi connectivity index (χ0n) is 15.8. The maximum absolute atomic E-state index is 12.8. The Labute approximate surface area is 169 Å². The highest BCUT2D eigenvalue weighted by Crippen LogP contribution is 2.21. The van der Waals surface area contributed by atoms with E-state index in [1.807, 2.05) is 0 Å². The average Bonchev–Trinajstić information content (AvgIpc) is 3.02. The van der Waals surface area contributed by atoms with Crippen LogP contribution in [0.3, 0.4) is 0 Å². The van der Waals surface area contributed by atoms with Crippen molar-refractivity contribution in [2.24, 2.45) is 0 Å². The maximum Gasteiger partial charge on any atom is 0.338 e. The average molecular weight is 418 g/mol.